The molecule has 2 rings (SSSR count). The number of nitrogens with two attached hydrogens (primary N) is 1. The van der Waals surface area contributed by atoms with E-state index in [-0.39, 0.29) is 5.75 Å². The van der Waals surface area contributed by atoms with Gasteiger partial charge in [0.15, 0.2) is 0 Å². The molecule has 6 nitrogen and oxygen atoms in total. The third-order valence-electron chi connectivity index (χ3n) is 2.27. The zero-order valence-corrected chi connectivity index (χ0v) is 10.4. The van der Waals surface area contributed by atoms with Crippen LogP contribution in [0, 0.1) is 0 Å². The normalized spacial score (nSPS) is 9.60. The minimum absolute atomic E-state index is 0.272. The highest BCUT2D eigenvalue weighted by Gasteiger charge is 2.05. The predicted molar refractivity (Wildman–Crippen MR) is 72.7 cm³/mol. The standard InChI is InChI=1S/C14H12N2O4/c15-13(17)19-11-6-8-12(9-7-11)20-14(18)16-10-4-2-1-3-5-10/h1-9H,(H2,15,17)(H,16,18). The van der Waals surface area contributed by atoms with E-state index >= 15 is 0 Å². The number of amides is 2. The van der Waals surface area contributed by atoms with E-state index in [9.17, 15) is 9.59 Å². The van der Waals surface area contributed by atoms with E-state index < -0.39 is 12.2 Å². The van der Waals surface area contributed by atoms with Gasteiger partial charge in [0.2, 0.25) is 0 Å². The second kappa shape index (κ2) is 6.24. The van der Waals surface area contributed by atoms with Crippen molar-refractivity contribution in [1.82, 2.24) is 0 Å². The largest absolute Gasteiger partial charge is 0.417 e. The van der Waals surface area contributed by atoms with Crippen molar-refractivity contribution in [2.24, 2.45) is 5.73 Å². The van der Waals surface area contributed by atoms with E-state index in [1.54, 1.807) is 24.3 Å². The van der Waals surface area contributed by atoms with Gasteiger partial charge in [-0.25, -0.2) is 9.59 Å². The minimum Gasteiger partial charge on any atom is -0.411 e. The summed E-state index contributed by atoms with van der Waals surface area (Å²) in [4.78, 5) is 22.1. The van der Waals surface area contributed by atoms with Gasteiger partial charge in [-0.1, -0.05) is 18.2 Å². The van der Waals surface area contributed by atoms with E-state index in [4.69, 9.17) is 10.5 Å². The first kappa shape index (κ1) is 13.4. The number of hydrogen-bond donors (Lipinski definition) is 2. The van der Waals surface area contributed by atoms with Crippen LogP contribution in [0.15, 0.2) is 54.6 Å². The van der Waals surface area contributed by atoms with Crippen molar-refractivity contribution in [2.45, 2.75) is 0 Å². The molecule has 0 saturated carbocycles. The second-order valence-corrected chi connectivity index (χ2v) is 3.77. The monoisotopic (exact) mass is 272 g/mol. The number of primary amides is 1. The molecule has 0 atom stereocenters. The van der Waals surface area contributed by atoms with Gasteiger partial charge >= 0.3 is 12.2 Å². The van der Waals surface area contributed by atoms with Crippen LogP contribution in [0.2, 0.25) is 0 Å². The molecule has 0 spiro atoms. The van der Waals surface area contributed by atoms with Gasteiger partial charge in [0.1, 0.15) is 11.5 Å². The van der Waals surface area contributed by atoms with Crippen LogP contribution in [-0.2, 0) is 0 Å². The highest BCUT2D eigenvalue weighted by Crippen LogP contribution is 2.18. The van der Waals surface area contributed by atoms with Crippen molar-refractivity contribution in [3.05, 3.63) is 54.6 Å². The van der Waals surface area contributed by atoms with Gasteiger partial charge in [0, 0.05) is 5.69 Å². The van der Waals surface area contributed by atoms with Gasteiger partial charge in [0.05, 0.1) is 0 Å². The average molecular weight is 272 g/mol. The van der Waals surface area contributed by atoms with Crippen molar-refractivity contribution in [2.75, 3.05) is 5.32 Å². The third kappa shape index (κ3) is 4.02. The van der Waals surface area contributed by atoms with E-state index in [1.807, 2.05) is 6.07 Å². The molecule has 6 heteroatoms. The van der Waals surface area contributed by atoms with Gasteiger partial charge < -0.3 is 15.2 Å². The highest BCUT2D eigenvalue weighted by molar-refractivity contribution is 5.86. The summed E-state index contributed by atoms with van der Waals surface area (Å²) in [5.41, 5.74) is 5.50. The maximum atomic E-state index is 11.6. The topological polar surface area (TPSA) is 90.7 Å². The molecule has 0 aliphatic heterocycles. The van der Waals surface area contributed by atoms with E-state index in [0.29, 0.717) is 11.4 Å². The van der Waals surface area contributed by atoms with Crippen LogP contribution in [0.5, 0.6) is 11.5 Å². The molecule has 0 fully saturated rings. The fraction of sp³-hybridized carbons (Fsp3) is 0. The summed E-state index contributed by atoms with van der Waals surface area (Å²) in [6.07, 6.45) is -1.51. The molecule has 3 N–H and O–H groups in total. The molecule has 2 aromatic carbocycles. The average Bonchev–Trinajstić information content (AvgIpc) is 2.41. The first-order valence-corrected chi connectivity index (χ1v) is 5.75. The zero-order valence-electron chi connectivity index (χ0n) is 10.4. The Balaban J connectivity index is 1.93. The minimum atomic E-state index is -0.902. The number of carbonyl (C=O) groups is 2. The summed E-state index contributed by atoms with van der Waals surface area (Å²) >= 11 is 0. The summed E-state index contributed by atoms with van der Waals surface area (Å²) in [6.45, 7) is 0. The van der Waals surface area contributed by atoms with Crippen LogP contribution >= 0.6 is 0 Å². The molecular weight excluding hydrogens is 260 g/mol. The molecule has 0 radical (unpaired) electrons. The lowest BCUT2D eigenvalue weighted by Crippen LogP contribution is -2.17. The molecule has 0 heterocycles. The number of carbonyl (C=O) groups excluding carboxylic acids is 2. The van der Waals surface area contributed by atoms with Crippen LogP contribution in [0.1, 0.15) is 0 Å². The smallest absolute Gasteiger partial charge is 0.411 e. The maximum Gasteiger partial charge on any atom is 0.417 e. The SMILES string of the molecule is NC(=O)Oc1ccc(OC(=O)Nc2ccccc2)cc1. The van der Waals surface area contributed by atoms with Gasteiger partial charge in [-0.3, -0.25) is 5.32 Å². The van der Waals surface area contributed by atoms with Crippen molar-refractivity contribution in [3.63, 3.8) is 0 Å². The number of para-hydroxylation sites is 1. The lowest BCUT2D eigenvalue weighted by Gasteiger charge is -2.07. The van der Waals surface area contributed by atoms with Gasteiger partial charge in [-0.2, -0.15) is 0 Å². The Morgan fingerprint density at radius 3 is 1.95 bits per heavy atom. The zero-order chi connectivity index (χ0) is 14.4. The molecule has 0 unspecified atom stereocenters. The molecule has 0 saturated heterocycles. The summed E-state index contributed by atoms with van der Waals surface area (Å²) in [7, 11) is 0. The molecule has 0 bridgehead atoms. The van der Waals surface area contributed by atoms with Crippen LogP contribution < -0.4 is 20.5 Å². The van der Waals surface area contributed by atoms with Crippen molar-refractivity contribution in [1.29, 1.82) is 0 Å². The van der Waals surface area contributed by atoms with Gasteiger partial charge in [-0.05, 0) is 36.4 Å². The Morgan fingerprint density at radius 1 is 0.850 bits per heavy atom. The molecule has 2 aromatic rings. The van der Waals surface area contributed by atoms with Crippen LogP contribution in [-0.4, -0.2) is 12.2 Å². The van der Waals surface area contributed by atoms with Crippen LogP contribution in [0.25, 0.3) is 0 Å². The number of nitrogens with one attached hydrogen (secondary N) is 1. The van der Waals surface area contributed by atoms with E-state index in [1.165, 1.54) is 24.3 Å². The number of ether oxygens (including phenoxy) is 2. The van der Waals surface area contributed by atoms with E-state index in [0.717, 1.165) is 0 Å². The number of benzene rings is 2. The number of hydrogen-bond acceptors (Lipinski definition) is 4. The lowest BCUT2D eigenvalue weighted by atomic mass is 10.3. The third-order valence-corrected chi connectivity index (χ3v) is 2.27. The molecule has 0 aliphatic carbocycles. The van der Waals surface area contributed by atoms with Crippen molar-refractivity contribution in [3.8, 4) is 11.5 Å². The molecule has 102 valence electrons. The highest BCUT2D eigenvalue weighted by atomic mass is 16.6. The Morgan fingerprint density at radius 2 is 1.40 bits per heavy atom. The fourth-order valence-electron chi connectivity index (χ4n) is 1.46. The van der Waals surface area contributed by atoms with Crippen molar-refractivity contribution >= 4 is 17.9 Å². The quantitative estimate of drug-likeness (QED) is 0.898. The Labute approximate surface area is 115 Å². The molecular formula is C14H12N2O4. The van der Waals surface area contributed by atoms with Gasteiger partial charge in [0.25, 0.3) is 0 Å². The maximum absolute atomic E-state index is 11.6. The second-order valence-electron chi connectivity index (χ2n) is 3.77. The number of anilines is 1. The molecule has 0 aliphatic rings. The van der Waals surface area contributed by atoms with Crippen LogP contribution in [0.3, 0.4) is 0 Å². The number of rotatable bonds is 3. The molecule has 0 aromatic heterocycles. The summed E-state index contributed by atoms with van der Waals surface area (Å²) in [6, 6.07) is 14.8. The fourth-order valence-corrected chi connectivity index (χ4v) is 1.46. The Kier molecular flexibility index (Phi) is 4.18. The predicted octanol–water partition coefficient (Wildman–Crippen LogP) is 2.76. The Hall–Kier alpha value is -3.02. The summed E-state index contributed by atoms with van der Waals surface area (Å²) in [5, 5.41) is 2.57. The van der Waals surface area contributed by atoms with Crippen LogP contribution in [0.4, 0.5) is 15.3 Å². The lowest BCUT2D eigenvalue weighted by molar-refractivity contribution is 0.209. The Bertz CT molecular complexity index is 596. The summed E-state index contributed by atoms with van der Waals surface area (Å²) in [5.74, 6) is 0.587. The first-order chi connectivity index (χ1) is 9.63. The van der Waals surface area contributed by atoms with Crippen molar-refractivity contribution < 1.29 is 19.1 Å². The van der Waals surface area contributed by atoms with Gasteiger partial charge in [-0.15, -0.1) is 0 Å². The molecule has 2 amide bonds. The van der Waals surface area contributed by atoms with E-state index in [2.05, 4.69) is 10.1 Å². The summed E-state index contributed by atoms with van der Waals surface area (Å²) < 4.78 is 9.71. The molecule has 20 heavy (non-hydrogen) atoms. The first-order valence-electron chi connectivity index (χ1n) is 5.75.